The SMILES string of the molecule is CNC(CN1CCC(N(C)C)C1)C1CCCC1. The highest BCUT2D eigenvalue weighted by atomic mass is 15.2. The van der Waals surface area contributed by atoms with E-state index in [0.717, 1.165) is 18.0 Å². The maximum atomic E-state index is 3.56. The third kappa shape index (κ3) is 3.43. The normalized spacial score (nSPS) is 29.3. The van der Waals surface area contributed by atoms with Gasteiger partial charge in [-0.3, -0.25) is 0 Å². The van der Waals surface area contributed by atoms with E-state index >= 15 is 0 Å². The van der Waals surface area contributed by atoms with Gasteiger partial charge in [-0.15, -0.1) is 0 Å². The lowest BCUT2D eigenvalue weighted by molar-refractivity contribution is 0.226. The van der Waals surface area contributed by atoms with Gasteiger partial charge in [-0.25, -0.2) is 0 Å². The molecule has 2 aliphatic rings. The van der Waals surface area contributed by atoms with Crippen LogP contribution in [0.2, 0.25) is 0 Å². The van der Waals surface area contributed by atoms with Crippen molar-refractivity contribution >= 4 is 0 Å². The van der Waals surface area contributed by atoms with E-state index in [0.29, 0.717) is 0 Å². The Morgan fingerprint density at radius 1 is 1.24 bits per heavy atom. The molecule has 1 saturated carbocycles. The number of hydrogen-bond donors (Lipinski definition) is 1. The van der Waals surface area contributed by atoms with Crippen molar-refractivity contribution in [3.05, 3.63) is 0 Å². The lowest BCUT2D eigenvalue weighted by atomic mass is 9.98. The van der Waals surface area contributed by atoms with E-state index in [-0.39, 0.29) is 0 Å². The largest absolute Gasteiger partial charge is 0.315 e. The number of hydrogen-bond acceptors (Lipinski definition) is 3. The van der Waals surface area contributed by atoms with Crippen LogP contribution in [-0.4, -0.2) is 62.7 Å². The fourth-order valence-electron chi connectivity index (χ4n) is 3.51. The summed E-state index contributed by atoms with van der Waals surface area (Å²) in [5.41, 5.74) is 0. The molecular formula is C14H29N3. The molecule has 0 radical (unpaired) electrons. The molecule has 1 aliphatic carbocycles. The fourth-order valence-corrected chi connectivity index (χ4v) is 3.51. The van der Waals surface area contributed by atoms with E-state index in [1.165, 1.54) is 51.7 Å². The van der Waals surface area contributed by atoms with Gasteiger partial charge >= 0.3 is 0 Å². The summed E-state index contributed by atoms with van der Waals surface area (Å²) in [6.07, 6.45) is 7.12. The Morgan fingerprint density at radius 2 is 1.94 bits per heavy atom. The zero-order valence-electron chi connectivity index (χ0n) is 11.8. The van der Waals surface area contributed by atoms with Crippen LogP contribution in [0, 0.1) is 5.92 Å². The summed E-state index contributed by atoms with van der Waals surface area (Å²) >= 11 is 0. The molecule has 0 amide bonds. The molecule has 2 atom stereocenters. The van der Waals surface area contributed by atoms with Gasteiger partial charge in [-0.2, -0.15) is 0 Å². The first-order chi connectivity index (χ1) is 8.20. The van der Waals surface area contributed by atoms with Crippen LogP contribution < -0.4 is 5.32 Å². The molecule has 0 aromatic rings. The average molecular weight is 239 g/mol. The predicted molar refractivity (Wildman–Crippen MR) is 73.3 cm³/mol. The van der Waals surface area contributed by atoms with Gasteiger partial charge in [0, 0.05) is 25.2 Å². The van der Waals surface area contributed by atoms with Crippen molar-refractivity contribution in [2.75, 3.05) is 40.8 Å². The lowest BCUT2D eigenvalue weighted by Crippen LogP contribution is -2.43. The van der Waals surface area contributed by atoms with Gasteiger partial charge in [-0.05, 0) is 52.9 Å². The van der Waals surface area contributed by atoms with Gasteiger partial charge in [0.15, 0.2) is 0 Å². The highest BCUT2D eigenvalue weighted by Gasteiger charge is 2.29. The minimum absolute atomic E-state index is 0.721. The van der Waals surface area contributed by atoms with Gasteiger partial charge in [0.05, 0.1) is 0 Å². The Labute approximate surface area is 107 Å². The molecule has 3 heteroatoms. The molecule has 1 aliphatic heterocycles. The minimum atomic E-state index is 0.721. The zero-order chi connectivity index (χ0) is 12.3. The van der Waals surface area contributed by atoms with Crippen LogP contribution in [0.15, 0.2) is 0 Å². The molecule has 2 fully saturated rings. The van der Waals surface area contributed by atoms with Crippen LogP contribution in [0.1, 0.15) is 32.1 Å². The van der Waals surface area contributed by atoms with Crippen LogP contribution in [0.3, 0.4) is 0 Å². The van der Waals surface area contributed by atoms with Crippen LogP contribution in [-0.2, 0) is 0 Å². The molecule has 1 N–H and O–H groups in total. The predicted octanol–water partition coefficient (Wildman–Crippen LogP) is 1.40. The highest BCUT2D eigenvalue weighted by Crippen LogP contribution is 2.28. The quantitative estimate of drug-likeness (QED) is 0.782. The molecule has 17 heavy (non-hydrogen) atoms. The molecule has 1 saturated heterocycles. The van der Waals surface area contributed by atoms with Gasteiger partial charge in [-0.1, -0.05) is 12.8 Å². The topological polar surface area (TPSA) is 18.5 Å². The van der Waals surface area contributed by atoms with Crippen LogP contribution in [0.5, 0.6) is 0 Å². The summed E-state index contributed by atoms with van der Waals surface area (Å²) in [7, 11) is 6.56. The molecule has 3 nitrogen and oxygen atoms in total. The molecule has 2 unspecified atom stereocenters. The number of likely N-dealkylation sites (N-methyl/N-ethyl adjacent to an activating group) is 2. The van der Waals surface area contributed by atoms with Gasteiger partial charge < -0.3 is 15.1 Å². The van der Waals surface area contributed by atoms with Crippen LogP contribution in [0.4, 0.5) is 0 Å². The average Bonchev–Trinajstić information content (AvgIpc) is 2.96. The van der Waals surface area contributed by atoms with E-state index in [9.17, 15) is 0 Å². The highest BCUT2D eigenvalue weighted by molar-refractivity contribution is 4.87. The molecule has 1 heterocycles. The van der Waals surface area contributed by atoms with Crippen molar-refractivity contribution in [1.29, 1.82) is 0 Å². The van der Waals surface area contributed by atoms with Crippen molar-refractivity contribution in [3.8, 4) is 0 Å². The first-order valence-corrected chi connectivity index (χ1v) is 7.26. The van der Waals surface area contributed by atoms with Crippen molar-refractivity contribution in [1.82, 2.24) is 15.1 Å². The standard InChI is InChI=1S/C14H29N3/c1-15-14(12-6-4-5-7-12)11-17-9-8-13(10-17)16(2)3/h12-15H,4-11H2,1-3H3. The monoisotopic (exact) mass is 239 g/mol. The van der Waals surface area contributed by atoms with E-state index in [1.807, 2.05) is 0 Å². The first kappa shape index (κ1) is 13.3. The summed E-state index contributed by atoms with van der Waals surface area (Å²) in [5, 5.41) is 3.56. The van der Waals surface area contributed by atoms with Crippen LogP contribution >= 0.6 is 0 Å². The van der Waals surface area contributed by atoms with Gasteiger partial charge in [0.1, 0.15) is 0 Å². The number of nitrogens with zero attached hydrogens (tertiary/aromatic N) is 2. The van der Waals surface area contributed by atoms with E-state index in [1.54, 1.807) is 0 Å². The molecule has 0 bridgehead atoms. The molecule has 2 rings (SSSR count). The lowest BCUT2D eigenvalue weighted by Gasteiger charge is -2.28. The molecule has 0 spiro atoms. The Balaban J connectivity index is 1.79. The number of rotatable bonds is 5. The summed E-state index contributed by atoms with van der Waals surface area (Å²) in [6.45, 7) is 3.80. The summed E-state index contributed by atoms with van der Waals surface area (Å²) < 4.78 is 0. The van der Waals surface area contributed by atoms with Crippen LogP contribution in [0.25, 0.3) is 0 Å². The fraction of sp³-hybridized carbons (Fsp3) is 1.00. The molecule has 0 aromatic heterocycles. The van der Waals surface area contributed by atoms with Crippen molar-refractivity contribution in [2.24, 2.45) is 5.92 Å². The Kier molecular flexibility index (Phi) is 4.83. The minimum Gasteiger partial charge on any atom is -0.315 e. The van der Waals surface area contributed by atoms with E-state index in [2.05, 4.69) is 36.3 Å². The van der Waals surface area contributed by atoms with E-state index in [4.69, 9.17) is 0 Å². The number of nitrogens with one attached hydrogen (secondary N) is 1. The summed E-state index contributed by atoms with van der Waals surface area (Å²) in [4.78, 5) is 5.04. The van der Waals surface area contributed by atoms with Crippen molar-refractivity contribution in [2.45, 2.75) is 44.2 Å². The number of likely N-dealkylation sites (tertiary alicyclic amines) is 1. The maximum absolute atomic E-state index is 3.56. The summed E-state index contributed by atoms with van der Waals surface area (Å²) in [5.74, 6) is 0.929. The molecule has 100 valence electrons. The van der Waals surface area contributed by atoms with E-state index < -0.39 is 0 Å². The molecule has 0 aromatic carbocycles. The van der Waals surface area contributed by atoms with Gasteiger partial charge in [0.2, 0.25) is 0 Å². The zero-order valence-corrected chi connectivity index (χ0v) is 11.8. The Hall–Kier alpha value is -0.120. The Morgan fingerprint density at radius 3 is 2.47 bits per heavy atom. The Bertz CT molecular complexity index is 224. The van der Waals surface area contributed by atoms with Gasteiger partial charge in [0.25, 0.3) is 0 Å². The second kappa shape index (κ2) is 6.17. The third-order valence-corrected chi connectivity index (χ3v) is 4.77. The third-order valence-electron chi connectivity index (χ3n) is 4.77. The van der Waals surface area contributed by atoms with Crippen molar-refractivity contribution in [3.63, 3.8) is 0 Å². The maximum Gasteiger partial charge on any atom is 0.0229 e. The first-order valence-electron chi connectivity index (χ1n) is 7.26. The van der Waals surface area contributed by atoms with Crippen molar-refractivity contribution < 1.29 is 0 Å². The summed E-state index contributed by atoms with van der Waals surface area (Å²) in [6, 6.07) is 1.49. The second-order valence-corrected chi connectivity index (χ2v) is 6.11. The smallest absolute Gasteiger partial charge is 0.0229 e. The second-order valence-electron chi connectivity index (χ2n) is 6.11. The molecular weight excluding hydrogens is 210 g/mol.